The topological polar surface area (TPSA) is 52.6 Å². The van der Waals surface area contributed by atoms with Crippen molar-refractivity contribution >= 4 is 11.8 Å². The molecule has 0 bridgehead atoms. The van der Waals surface area contributed by atoms with E-state index in [9.17, 15) is 0 Å². The fourth-order valence-corrected chi connectivity index (χ4v) is 3.34. The van der Waals surface area contributed by atoms with Gasteiger partial charge in [0.25, 0.3) is 0 Å². The molecule has 1 aliphatic rings. The first-order valence-corrected chi connectivity index (χ1v) is 10.0. The van der Waals surface area contributed by atoms with E-state index in [1.165, 1.54) is 24.0 Å². The van der Waals surface area contributed by atoms with E-state index in [1.54, 1.807) is 0 Å². The molecule has 5 nitrogen and oxygen atoms in total. The second kappa shape index (κ2) is 9.95. The van der Waals surface area contributed by atoms with Crippen LogP contribution < -0.4 is 15.5 Å². The smallest absolute Gasteiger partial charge is 0.191 e. The SMILES string of the molecule is CCNC(=NCc1ccnc(N2CCCC2)c1)NCC(C)c1ccccc1. The van der Waals surface area contributed by atoms with Gasteiger partial charge in [-0.25, -0.2) is 9.98 Å². The van der Waals surface area contributed by atoms with Gasteiger partial charge in [0.05, 0.1) is 6.54 Å². The van der Waals surface area contributed by atoms with Crippen molar-refractivity contribution in [3.63, 3.8) is 0 Å². The third kappa shape index (κ3) is 5.71. The van der Waals surface area contributed by atoms with Crippen LogP contribution >= 0.6 is 0 Å². The van der Waals surface area contributed by atoms with E-state index in [2.05, 4.69) is 76.8 Å². The number of anilines is 1. The lowest BCUT2D eigenvalue weighted by Gasteiger charge is -2.17. The first kappa shape index (κ1) is 19.2. The van der Waals surface area contributed by atoms with E-state index >= 15 is 0 Å². The molecule has 0 radical (unpaired) electrons. The van der Waals surface area contributed by atoms with Crippen molar-refractivity contribution < 1.29 is 0 Å². The molecule has 3 rings (SSSR count). The van der Waals surface area contributed by atoms with Crippen LogP contribution in [0.2, 0.25) is 0 Å². The lowest BCUT2D eigenvalue weighted by molar-refractivity contribution is 0.699. The first-order valence-electron chi connectivity index (χ1n) is 10.0. The maximum atomic E-state index is 4.77. The monoisotopic (exact) mass is 365 g/mol. The number of nitrogens with one attached hydrogen (secondary N) is 2. The molecular weight excluding hydrogens is 334 g/mol. The van der Waals surface area contributed by atoms with Gasteiger partial charge in [-0.1, -0.05) is 37.3 Å². The third-order valence-corrected chi connectivity index (χ3v) is 4.95. The zero-order chi connectivity index (χ0) is 18.9. The molecule has 1 aliphatic heterocycles. The number of guanidine groups is 1. The summed E-state index contributed by atoms with van der Waals surface area (Å²) >= 11 is 0. The average Bonchev–Trinajstić information content (AvgIpc) is 3.26. The Balaban J connectivity index is 1.59. The van der Waals surface area contributed by atoms with E-state index in [1.807, 2.05) is 6.20 Å². The highest BCUT2D eigenvalue weighted by atomic mass is 15.2. The normalized spacial score (nSPS) is 15.6. The summed E-state index contributed by atoms with van der Waals surface area (Å²) in [6, 6.07) is 14.8. The highest BCUT2D eigenvalue weighted by Gasteiger charge is 2.13. The summed E-state index contributed by atoms with van der Waals surface area (Å²) in [6.45, 7) is 8.90. The lowest BCUT2D eigenvalue weighted by Crippen LogP contribution is -2.39. The Kier molecular flexibility index (Phi) is 7.08. The van der Waals surface area contributed by atoms with Crippen LogP contribution in [-0.4, -0.2) is 37.1 Å². The molecule has 144 valence electrons. The van der Waals surface area contributed by atoms with Crippen LogP contribution in [0.4, 0.5) is 5.82 Å². The Morgan fingerprint density at radius 2 is 1.93 bits per heavy atom. The molecule has 0 amide bonds. The van der Waals surface area contributed by atoms with Crippen molar-refractivity contribution in [1.29, 1.82) is 0 Å². The summed E-state index contributed by atoms with van der Waals surface area (Å²) in [7, 11) is 0. The van der Waals surface area contributed by atoms with Gasteiger partial charge in [0, 0.05) is 32.4 Å². The molecule has 1 atom stereocenters. The fourth-order valence-electron chi connectivity index (χ4n) is 3.34. The van der Waals surface area contributed by atoms with Gasteiger partial charge in [-0.15, -0.1) is 0 Å². The second-order valence-corrected chi connectivity index (χ2v) is 7.10. The van der Waals surface area contributed by atoms with Crippen molar-refractivity contribution in [3.05, 3.63) is 59.8 Å². The molecule has 0 aliphatic carbocycles. The minimum atomic E-state index is 0.428. The standard InChI is InChI=1S/C22H31N5/c1-3-23-22(25-16-18(2)20-9-5-4-6-10-20)26-17-19-11-12-24-21(15-19)27-13-7-8-14-27/h4-6,9-12,15,18H,3,7-8,13-14,16-17H2,1-2H3,(H2,23,25,26). The van der Waals surface area contributed by atoms with Gasteiger partial charge in [-0.05, 0) is 48.9 Å². The second-order valence-electron chi connectivity index (χ2n) is 7.10. The molecular formula is C22H31N5. The Hall–Kier alpha value is -2.56. The van der Waals surface area contributed by atoms with E-state index in [4.69, 9.17) is 4.99 Å². The molecule has 1 fully saturated rings. The van der Waals surface area contributed by atoms with Crippen LogP contribution in [0, 0.1) is 0 Å². The Morgan fingerprint density at radius 3 is 2.67 bits per heavy atom. The van der Waals surface area contributed by atoms with Crippen molar-refractivity contribution in [2.24, 2.45) is 4.99 Å². The lowest BCUT2D eigenvalue weighted by atomic mass is 10.0. The van der Waals surface area contributed by atoms with E-state index in [0.717, 1.165) is 38.0 Å². The minimum absolute atomic E-state index is 0.428. The Morgan fingerprint density at radius 1 is 1.15 bits per heavy atom. The van der Waals surface area contributed by atoms with Crippen molar-refractivity contribution in [2.75, 3.05) is 31.1 Å². The van der Waals surface area contributed by atoms with Gasteiger partial charge >= 0.3 is 0 Å². The van der Waals surface area contributed by atoms with Gasteiger partial charge in [-0.3, -0.25) is 0 Å². The zero-order valence-corrected chi connectivity index (χ0v) is 16.5. The van der Waals surface area contributed by atoms with Gasteiger partial charge in [0.15, 0.2) is 5.96 Å². The highest BCUT2D eigenvalue weighted by molar-refractivity contribution is 5.79. The van der Waals surface area contributed by atoms with Crippen LogP contribution in [-0.2, 0) is 6.54 Å². The van der Waals surface area contributed by atoms with Crippen molar-refractivity contribution in [2.45, 2.75) is 39.2 Å². The number of aliphatic imine (C=N–C) groups is 1. The number of aromatic nitrogens is 1. The molecule has 2 heterocycles. The predicted octanol–water partition coefficient (Wildman–Crippen LogP) is 3.54. The molecule has 1 aromatic heterocycles. The maximum absolute atomic E-state index is 4.77. The van der Waals surface area contributed by atoms with E-state index < -0.39 is 0 Å². The largest absolute Gasteiger partial charge is 0.357 e. The summed E-state index contributed by atoms with van der Waals surface area (Å²) in [5.41, 5.74) is 2.53. The highest BCUT2D eigenvalue weighted by Crippen LogP contribution is 2.19. The van der Waals surface area contributed by atoms with Crippen LogP contribution in [0.1, 0.15) is 43.7 Å². The molecule has 5 heteroatoms. The number of pyridine rings is 1. The van der Waals surface area contributed by atoms with Crippen LogP contribution in [0.5, 0.6) is 0 Å². The Labute approximate surface area is 162 Å². The summed E-state index contributed by atoms with van der Waals surface area (Å²) in [5, 5.41) is 6.81. The first-order chi connectivity index (χ1) is 13.3. The van der Waals surface area contributed by atoms with Crippen LogP contribution in [0.25, 0.3) is 0 Å². The number of benzene rings is 1. The van der Waals surface area contributed by atoms with Gasteiger partial charge in [0.1, 0.15) is 5.82 Å². The molecule has 0 saturated carbocycles. The quantitative estimate of drug-likeness (QED) is 0.582. The molecule has 1 aromatic carbocycles. The van der Waals surface area contributed by atoms with Crippen molar-refractivity contribution in [1.82, 2.24) is 15.6 Å². The summed E-state index contributed by atoms with van der Waals surface area (Å²) in [6.07, 6.45) is 4.42. The van der Waals surface area contributed by atoms with Crippen LogP contribution in [0.15, 0.2) is 53.7 Å². The Bertz CT molecular complexity index is 722. The predicted molar refractivity (Wildman–Crippen MR) is 113 cm³/mol. The molecule has 2 N–H and O–H groups in total. The zero-order valence-electron chi connectivity index (χ0n) is 16.5. The van der Waals surface area contributed by atoms with Gasteiger partial charge in [0.2, 0.25) is 0 Å². The van der Waals surface area contributed by atoms with Gasteiger partial charge in [-0.2, -0.15) is 0 Å². The van der Waals surface area contributed by atoms with E-state index in [-0.39, 0.29) is 0 Å². The molecule has 1 unspecified atom stereocenters. The number of nitrogens with zero attached hydrogens (tertiary/aromatic N) is 3. The van der Waals surface area contributed by atoms with Crippen molar-refractivity contribution in [3.8, 4) is 0 Å². The molecule has 27 heavy (non-hydrogen) atoms. The maximum Gasteiger partial charge on any atom is 0.191 e. The number of hydrogen-bond acceptors (Lipinski definition) is 3. The van der Waals surface area contributed by atoms with E-state index in [0.29, 0.717) is 12.5 Å². The number of rotatable bonds is 7. The number of hydrogen-bond donors (Lipinski definition) is 2. The van der Waals surface area contributed by atoms with Gasteiger partial charge < -0.3 is 15.5 Å². The summed E-state index contributed by atoms with van der Waals surface area (Å²) in [4.78, 5) is 11.6. The third-order valence-electron chi connectivity index (χ3n) is 4.95. The molecule has 2 aromatic rings. The fraction of sp³-hybridized carbons (Fsp3) is 0.455. The summed E-state index contributed by atoms with van der Waals surface area (Å²) in [5.74, 6) is 2.37. The minimum Gasteiger partial charge on any atom is -0.357 e. The molecule has 0 spiro atoms. The van der Waals surface area contributed by atoms with Crippen LogP contribution in [0.3, 0.4) is 0 Å². The summed E-state index contributed by atoms with van der Waals surface area (Å²) < 4.78 is 0. The molecule has 1 saturated heterocycles. The average molecular weight is 366 g/mol.